The van der Waals surface area contributed by atoms with Crippen molar-refractivity contribution in [1.82, 2.24) is 5.32 Å². The van der Waals surface area contributed by atoms with E-state index in [0.717, 1.165) is 0 Å². The fraction of sp³-hybridized carbons (Fsp3) is 0.786. The molecule has 0 aromatic carbocycles. The number of ketones is 1. The third-order valence-electron chi connectivity index (χ3n) is 3.33. The van der Waals surface area contributed by atoms with Gasteiger partial charge in [-0.1, -0.05) is 13.8 Å². The number of unbranched alkanes of at least 4 members (excludes halogenated alkanes) is 1. The van der Waals surface area contributed by atoms with Crippen LogP contribution >= 0.6 is 0 Å². The molecule has 1 radical (unpaired) electrons. The number of hydrogen-bond donors (Lipinski definition) is 4. The Morgan fingerprint density at radius 3 is 2.24 bits per heavy atom. The van der Waals surface area contributed by atoms with E-state index in [-0.39, 0.29) is 12.3 Å². The molecule has 0 fully saturated rings. The number of Topliss-reactive ketones (excluding diaryl/α,β-unsaturated/α-hetero) is 1. The van der Waals surface area contributed by atoms with E-state index in [4.69, 9.17) is 11.5 Å². The molecular formula is C14H26N3O4. The molecule has 0 rings (SSSR count). The van der Waals surface area contributed by atoms with Gasteiger partial charge in [0, 0.05) is 0 Å². The molecule has 21 heavy (non-hydrogen) atoms. The Balaban J connectivity index is 5.14. The lowest BCUT2D eigenvalue weighted by Crippen LogP contribution is -2.63. The van der Waals surface area contributed by atoms with Gasteiger partial charge < -0.3 is 21.9 Å². The van der Waals surface area contributed by atoms with Gasteiger partial charge in [-0.25, -0.2) is 0 Å². The van der Waals surface area contributed by atoms with Crippen molar-refractivity contribution < 1.29 is 19.5 Å². The number of aliphatic hydroxyl groups is 1. The molecule has 0 saturated heterocycles. The monoisotopic (exact) mass is 300 g/mol. The highest BCUT2D eigenvalue weighted by atomic mass is 16.3. The maximum absolute atomic E-state index is 12.3. The fourth-order valence-corrected chi connectivity index (χ4v) is 1.87. The largest absolute Gasteiger partial charge is 0.386 e. The molecule has 0 aromatic heterocycles. The number of nitrogens with one attached hydrogen (secondary N) is 1. The molecule has 0 spiro atoms. The first kappa shape index (κ1) is 19.7. The third-order valence-corrected chi connectivity index (χ3v) is 3.33. The summed E-state index contributed by atoms with van der Waals surface area (Å²) in [5.74, 6) is -1.72. The Bertz CT molecular complexity index is 371. The maximum Gasteiger partial charge on any atom is 0.248 e. The minimum absolute atomic E-state index is 0.0590. The molecule has 3 atom stereocenters. The first-order valence-electron chi connectivity index (χ1n) is 7.10. The van der Waals surface area contributed by atoms with Crippen molar-refractivity contribution in [3.8, 4) is 0 Å². The normalized spacial score (nSPS) is 16.9. The van der Waals surface area contributed by atoms with Crippen LogP contribution in [0.1, 0.15) is 40.0 Å². The highest BCUT2D eigenvalue weighted by molar-refractivity contribution is 6.12. The average Bonchev–Trinajstić information content (AvgIpc) is 2.42. The summed E-state index contributed by atoms with van der Waals surface area (Å²) < 4.78 is 0. The van der Waals surface area contributed by atoms with Crippen LogP contribution in [0.15, 0.2) is 0 Å². The van der Waals surface area contributed by atoms with Gasteiger partial charge in [-0.15, -0.1) is 0 Å². The van der Waals surface area contributed by atoms with Gasteiger partial charge in [0.1, 0.15) is 6.10 Å². The van der Waals surface area contributed by atoms with Crippen molar-refractivity contribution in [3.63, 3.8) is 0 Å². The molecule has 0 aromatic rings. The van der Waals surface area contributed by atoms with E-state index >= 15 is 0 Å². The minimum Gasteiger partial charge on any atom is -0.386 e. The van der Waals surface area contributed by atoms with E-state index < -0.39 is 29.4 Å². The second kappa shape index (κ2) is 8.86. The van der Waals surface area contributed by atoms with E-state index in [1.807, 2.05) is 0 Å². The van der Waals surface area contributed by atoms with Crippen LogP contribution in [-0.2, 0) is 14.4 Å². The number of carbonyl (C=O) groups is 2. The highest BCUT2D eigenvalue weighted by Crippen LogP contribution is 2.16. The zero-order valence-electron chi connectivity index (χ0n) is 12.9. The summed E-state index contributed by atoms with van der Waals surface area (Å²) in [5, 5.41) is 11.9. The standard InChI is InChI=1S/C14H26N3O4/c1-9(2)11(8-18)17-13(21)14(16,6-4-5-7-15)12(20)10(3)19/h9-11,19H,4-7,15-16H2,1-3H3,(H,17,21)/t10-,11-,14-/m1/s1. The van der Waals surface area contributed by atoms with Crippen LogP contribution in [0.3, 0.4) is 0 Å². The number of hydrogen-bond acceptors (Lipinski definition) is 6. The number of nitrogens with two attached hydrogens (primary N) is 2. The third kappa shape index (κ3) is 5.53. The minimum atomic E-state index is -1.87. The lowest BCUT2D eigenvalue weighted by molar-refractivity contribution is -0.141. The van der Waals surface area contributed by atoms with Crippen molar-refractivity contribution in [2.75, 3.05) is 6.54 Å². The molecule has 0 aliphatic heterocycles. The highest BCUT2D eigenvalue weighted by Gasteiger charge is 2.43. The van der Waals surface area contributed by atoms with Crippen LogP contribution in [0.25, 0.3) is 0 Å². The van der Waals surface area contributed by atoms with Crippen molar-refractivity contribution in [2.45, 2.75) is 57.7 Å². The average molecular weight is 300 g/mol. The Hall–Kier alpha value is -1.31. The Labute approximate surface area is 125 Å². The Morgan fingerprint density at radius 2 is 1.86 bits per heavy atom. The molecule has 7 heteroatoms. The van der Waals surface area contributed by atoms with Crippen molar-refractivity contribution >= 4 is 18.0 Å². The molecule has 7 nitrogen and oxygen atoms in total. The summed E-state index contributed by atoms with van der Waals surface area (Å²) in [6.45, 7) is 5.14. The molecule has 1 amide bonds. The molecular weight excluding hydrogens is 274 g/mol. The van der Waals surface area contributed by atoms with Crippen LogP contribution < -0.4 is 16.8 Å². The molecule has 0 unspecified atom stereocenters. The van der Waals surface area contributed by atoms with Crippen LogP contribution in [0, 0.1) is 5.92 Å². The van der Waals surface area contributed by atoms with Gasteiger partial charge in [0.25, 0.3) is 0 Å². The summed E-state index contributed by atoms with van der Waals surface area (Å²) in [6.07, 6.45) is 1.48. The van der Waals surface area contributed by atoms with Gasteiger partial charge in [0.05, 0.1) is 6.04 Å². The summed E-state index contributed by atoms with van der Waals surface area (Å²) >= 11 is 0. The quantitative estimate of drug-likeness (QED) is 0.302. The number of amides is 1. The molecule has 121 valence electrons. The number of aliphatic hydroxyl groups excluding tert-OH is 1. The zero-order chi connectivity index (χ0) is 16.6. The number of carbonyl (C=O) groups excluding carboxylic acids is 3. The van der Waals surface area contributed by atoms with Crippen molar-refractivity contribution in [2.24, 2.45) is 17.4 Å². The smallest absolute Gasteiger partial charge is 0.248 e. The van der Waals surface area contributed by atoms with Gasteiger partial charge in [-0.2, -0.15) is 0 Å². The zero-order valence-corrected chi connectivity index (χ0v) is 12.9. The molecule has 0 saturated carbocycles. The second-order valence-corrected chi connectivity index (χ2v) is 5.57. The van der Waals surface area contributed by atoms with Gasteiger partial charge >= 0.3 is 0 Å². The van der Waals surface area contributed by atoms with Gasteiger partial charge in [0.2, 0.25) is 12.2 Å². The van der Waals surface area contributed by atoms with E-state index in [1.165, 1.54) is 6.92 Å². The topological polar surface area (TPSA) is 136 Å². The lowest BCUT2D eigenvalue weighted by atomic mass is 9.85. The van der Waals surface area contributed by atoms with Crippen LogP contribution in [0.5, 0.6) is 0 Å². The lowest BCUT2D eigenvalue weighted by Gasteiger charge is -2.29. The van der Waals surface area contributed by atoms with Crippen molar-refractivity contribution in [3.05, 3.63) is 0 Å². The SMILES string of the molecule is CC(C)[C@@H]([C]=O)NC(=O)[C@@](N)(CCCCN)C(=O)[C@@H](C)O. The molecule has 0 bridgehead atoms. The maximum atomic E-state index is 12.3. The van der Waals surface area contributed by atoms with E-state index in [2.05, 4.69) is 5.32 Å². The van der Waals surface area contributed by atoms with Crippen LogP contribution in [0.4, 0.5) is 0 Å². The summed E-state index contributed by atoms with van der Waals surface area (Å²) in [5.41, 5.74) is 9.45. The second-order valence-electron chi connectivity index (χ2n) is 5.57. The van der Waals surface area contributed by atoms with Crippen LogP contribution in [0.2, 0.25) is 0 Å². The molecule has 0 aliphatic carbocycles. The van der Waals surface area contributed by atoms with Gasteiger partial charge in [-0.3, -0.25) is 14.4 Å². The summed E-state index contributed by atoms with van der Waals surface area (Å²) in [6, 6.07) is -0.850. The van der Waals surface area contributed by atoms with Crippen molar-refractivity contribution in [1.29, 1.82) is 0 Å². The van der Waals surface area contributed by atoms with Crippen LogP contribution in [-0.4, -0.2) is 47.3 Å². The van der Waals surface area contributed by atoms with Gasteiger partial charge in [-0.05, 0) is 38.6 Å². The summed E-state index contributed by atoms with van der Waals surface area (Å²) in [7, 11) is 0. The van der Waals surface area contributed by atoms with Gasteiger partial charge in [0.15, 0.2) is 11.3 Å². The van der Waals surface area contributed by atoms with E-state index in [9.17, 15) is 19.5 Å². The predicted molar refractivity (Wildman–Crippen MR) is 79.0 cm³/mol. The first-order valence-corrected chi connectivity index (χ1v) is 7.10. The van der Waals surface area contributed by atoms with E-state index in [1.54, 1.807) is 20.1 Å². The Morgan fingerprint density at radius 1 is 1.29 bits per heavy atom. The first-order chi connectivity index (χ1) is 9.70. The predicted octanol–water partition coefficient (Wildman–Crippen LogP) is -0.987. The molecule has 0 aliphatic rings. The molecule has 6 N–H and O–H groups in total. The number of rotatable bonds is 10. The Kier molecular flexibility index (Phi) is 8.31. The fourth-order valence-electron chi connectivity index (χ4n) is 1.87. The van der Waals surface area contributed by atoms with E-state index in [0.29, 0.717) is 19.4 Å². The summed E-state index contributed by atoms with van der Waals surface area (Å²) in [4.78, 5) is 35.2. The molecule has 0 heterocycles.